The van der Waals surface area contributed by atoms with Gasteiger partial charge in [-0.25, -0.2) is 4.98 Å². The number of hydrogen-bond donors (Lipinski definition) is 1. The number of hydrogen-bond acceptors (Lipinski definition) is 5. The molecule has 1 N–H and O–H groups in total. The van der Waals surface area contributed by atoms with Crippen LogP contribution in [0.25, 0.3) is 10.9 Å². The summed E-state index contributed by atoms with van der Waals surface area (Å²) in [6, 6.07) is 7.43. The van der Waals surface area contributed by atoms with Crippen molar-refractivity contribution >= 4 is 28.6 Å². The molecule has 4 aliphatic rings. The van der Waals surface area contributed by atoms with Gasteiger partial charge < -0.3 is 10.1 Å². The molecule has 0 saturated heterocycles. The van der Waals surface area contributed by atoms with Crippen LogP contribution in [0.5, 0.6) is 0 Å². The molecule has 0 radical (unpaired) electrons. The molecule has 6 nitrogen and oxygen atoms in total. The summed E-state index contributed by atoms with van der Waals surface area (Å²) < 4.78 is 7.16. The molecule has 0 spiro atoms. The van der Waals surface area contributed by atoms with E-state index >= 15 is 0 Å². The van der Waals surface area contributed by atoms with E-state index in [1.807, 2.05) is 31.2 Å². The van der Waals surface area contributed by atoms with Crippen LogP contribution in [0.3, 0.4) is 0 Å². The number of nitrogens with one attached hydrogen (secondary N) is 1. The fourth-order valence-corrected chi connectivity index (χ4v) is 7.48. The minimum absolute atomic E-state index is 0.0143. The molecule has 1 aromatic carbocycles. The first-order chi connectivity index (χ1) is 15.5. The van der Waals surface area contributed by atoms with E-state index in [0.717, 1.165) is 43.4 Å². The predicted octanol–water partition coefficient (Wildman–Crippen LogP) is 4.00. The Kier molecular flexibility index (Phi) is 6.30. The van der Waals surface area contributed by atoms with E-state index in [4.69, 9.17) is 9.72 Å². The zero-order valence-corrected chi connectivity index (χ0v) is 19.7. The molecule has 172 valence electrons. The van der Waals surface area contributed by atoms with Crippen LogP contribution in [0.1, 0.15) is 51.9 Å². The van der Waals surface area contributed by atoms with Crippen molar-refractivity contribution in [2.75, 3.05) is 19.0 Å². The number of ether oxygens (including phenoxy) is 1. The zero-order valence-electron chi connectivity index (χ0n) is 18.8. The number of carbonyl (C=O) groups is 1. The molecule has 2 aromatic rings. The SMILES string of the molecule is CCOCCCn1c(SCC(=O)NC23CC4CC(CC(C4)C2)C3)nc2ccccc2c1=O. The lowest BCUT2D eigenvalue weighted by molar-refractivity contribution is -0.124. The average molecular weight is 456 g/mol. The third-order valence-electron chi connectivity index (χ3n) is 7.48. The summed E-state index contributed by atoms with van der Waals surface area (Å²) in [7, 11) is 0. The molecular formula is C25H33N3O3S. The van der Waals surface area contributed by atoms with E-state index < -0.39 is 0 Å². The van der Waals surface area contributed by atoms with Gasteiger partial charge in [-0.2, -0.15) is 0 Å². The highest BCUT2D eigenvalue weighted by Gasteiger charge is 2.51. The minimum Gasteiger partial charge on any atom is -0.382 e. The second-order valence-corrected chi connectivity index (χ2v) is 10.9. The molecule has 4 aliphatic carbocycles. The maximum atomic E-state index is 13.1. The molecule has 7 heteroatoms. The van der Waals surface area contributed by atoms with E-state index in [1.165, 1.54) is 31.0 Å². The summed E-state index contributed by atoms with van der Waals surface area (Å²) in [6.07, 6.45) is 8.25. The number of nitrogens with zero attached hydrogens (tertiary/aromatic N) is 2. The van der Waals surface area contributed by atoms with Gasteiger partial charge in [0.1, 0.15) is 0 Å². The maximum Gasteiger partial charge on any atom is 0.262 e. The number of benzene rings is 1. The lowest BCUT2D eigenvalue weighted by Gasteiger charge is -2.56. The number of rotatable bonds is 9. The Bertz CT molecular complexity index is 1020. The Hall–Kier alpha value is -1.86. The van der Waals surface area contributed by atoms with Gasteiger partial charge in [0.15, 0.2) is 5.16 Å². The number of thioether (sulfide) groups is 1. The summed E-state index contributed by atoms with van der Waals surface area (Å²) >= 11 is 1.38. The van der Waals surface area contributed by atoms with Gasteiger partial charge in [-0.3, -0.25) is 14.2 Å². The Labute approximate surface area is 193 Å². The lowest BCUT2D eigenvalue weighted by Crippen LogP contribution is -2.60. The molecule has 0 atom stereocenters. The van der Waals surface area contributed by atoms with E-state index in [0.29, 0.717) is 35.8 Å². The summed E-state index contributed by atoms with van der Waals surface area (Å²) in [4.78, 5) is 30.9. The van der Waals surface area contributed by atoms with Crippen LogP contribution < -0.4 is 10.9 Å². The number of para-hydroxylation sites is 1. The summed E-state index contributed by atoms with van der Waals surface area (Å²) in [5.74, 6) is 2.75. The van der Waals surface area contributed by atoms with Crippen LogP contribution in [0.2, 0.25) is 0 Å². The Morgan fingerprint density at radius 1 is 1.19 bits per heavy atom. The van der Waals surface area contributed by atoms with E-state index in [1.54, 1.807) is 4.57 Å². The first-order valence-corrected chi connectivity index (χ1v) is 13.0. The van der Waals surface area contributed by atoms with Crippen LogP contribution in [0.15, 0.2) is 34.2 Å². The van der Waals surface area contributed by atoms with Crippen LogP contribution in [-0.2, 0) is 16.1 Å². The third kappa shape index (κ3) is 4.46. The fraction of sp³-hybridized carbons (Fsp3) is 0.640. The van der Waals surface area contributed by atoms with Gasteiger partial charge in [0.25, 0.3) is 5.56 Å². The van der Waals surface area contributed by atoms with Gasteiger partial charge in [-0.15, -0.1) is 0 Å². The summed E-state index contributed by atoms with van der Waals surface area (Å²) in [6.45, 7) is 3.77. The van der Waals surface area contributed by atoms with Crippen molar-refractivity contribution in [1.82, 2.24) is 14.9 Å². The molecule has 4 fully saturated rings. The van der Waals surface area contributed by atoms with Gasteiger partial charge >= 0.3 is 0 Å². The molecular weight excluding hydrogens is 422 g/mol. The first kappa shape index (κ1) is 22.0. The highest BCUT2D eigenvalue weighted by Crippen LogP contribution is 2.55. The quantitative estimate of drug-likeness (QED) is 0.351. The topological polar surface area (TPSA) is 73.2 Å². The first-order valence-electron chi connectivity index (χ1n) is 12.1. The van der Waals surface area contributed by atoms with E-state index in [9.17, 15) is 9.59 Å². The van der Waals surface area contributed by atoms with Crippen LogP contribution in [0.4, 0.5) is 0 Å². The van der Waals surface area contributed by atoms with Crippen molar-refractivity contribution in [2.45, 2.75) is 69.1 Å². The van der Waals surface area contributed by atoms with Gasteiger partial charge in [-0.05, 0) is 81.8 Å². The van der Waals surface area contributed by atoms with Crippen molar-refractivity contribution < 1.29 is 9.53 Å². The molecule has 4 bridgehead atoms. The van der Waals surface area contributed by atoms with E-state index in [-0.39, 0.29) is 22.8 Å². The average Bonchev–Trinajstić information content (AvgIpc) is 2.75. The minimum atomic E-state index is -0.0453. The van der Waals surface area contributed by atoms with Crippen molar-refractivity contribution in [3.8, 4) is 0 Å². The van der Waals surface area contributed by atoms with E-state index in [2.05, 4.69) is 5.32 Å². The normalized spacial score (nSPS) is 28.3. The molecule has 32 heavy (non-hydrogen) atoms. The highest BCUT2D eigenvalue weighted by molar-refractivity contribution is 7.99. The number of amides is 1. The van der Waals surface area contributed by atoms with Crippen molar-refractivity contribution in [3.05, 3.63) is 34.6 Å². The second-order valence-electron chi connectivity index (χ2n) is 9.95. The Morgan fingerprint density at radius 2 is 1.88 bits per heavy atom. The number of carbonyl (C=O) groups excluding carboxylic acids is 1. The molecule has 1 aromatic heterocycles. The number of aromatic nitrogens is 2. The third-order valence-corrected chi connectivity index (χ3v) is 8.45. The zero-order chi connectivity index (χ0) is 22.1. The number of fused-ring (bicyclic) bond motifs is 1. The van der Waals surface area contributed by atoms with Gasteiger partial charge in [0, 0.05) is 25.3 Å². The lowest BCUT2D eigenvalue weighted by atomic mass is 9.53. The predicted molar refractivity (Wildman–Crippen MR) is 127 cm³/mol. The van der Waals surface area contributed by atoms with Gasteiger partial charge in [0.05, 0.1) is 16.7 Å². The second kappa shape index (κ2) is 9.18. The smallest absolute Gasteiger partial charge is 0.262 e. The Morgan fingerprint density at radius 3 is 2.56 bits per heavy atom. The standard InChI is InChI=1S/C25H33N3O3S/c1-2-31-9-5-8-28-23(30)20-6-3-4-7-21(20)26-24(28)32-16-22(29)27-25-13-17-10-18(14-25)12-19(11-17)15-25/h3-4,6-7,17-19H,2,5,8-16H2,1H3,(H,27,29). The summed E-state index contributed by atoms with van der Waals surface area (Å²) in [5.41, 5.74) is 0.652. The van der Waals surface area contributed by atoms with Crippen molar-refractivity contribution in [3.63, 3.8) is 0 Å². The maximum absolute atomic E-state index is 13.1. The van der Waals surface area contributed by atoms with Crippen molar-refractivity contribution in [2.24, 2.45) is 17.8 Å². The monoisotopic (exact) mass is 455 g/mol. The van der Waals surface area contributed by atoms with Gasteiger partial charge in [0.2, 0.25) is 5.91 Å². The molecule has 4 saturated carbocycles. The summed E-state index contributed by atoms with van der Waals surface area (Å²) in [5, 5.41) is 4.66. The molecule has 1 amide bonds. The van der Waals surface area contributed by atoms with Crippen LogP contribution in [-0.4, -0.2) is 40.0 Å². The molecule has 0 aliphatic heterocycles. The Balaban J connectivity index is 1.29. The molecule has 0 unspecified atom stereocenters. The van der Waals surface area contributed by atoms with Crippen LogP contribution in [0, 0.1) is 17.8 Å². The molecule has 1 heterocycles. The molecule has 6 rings (SSSR count). The fourth-order valence-electron chi connectivity index (χ4n) is 6.65. The van der Waals surface area contributed by atoms with Crippen LogP contribution >= 0.6 is 11.8 Å². The van der Waals surface area contributed by atoms with Crippen molar-refractivity contribution in [1.29, 1.82) is 0 Å². The largest absolute Gasteiger partial charge is 0.382 e. The highest BCUT2D eigenvalue weighted by atomic mass is 32.2. The van der Waals surface area contributed by atoms with Gasteiger partial charge in [-0.1, -0.05) is 23.9 Å².